The molecule has 0 bridgehead atoms. The number of benzene rings is 1. The van der Waals surface area contributed by atoms with Crippen LogP contribution in [0.4, 0.5) is 0 Å². The quantitative estimate of drug-likeness (QED) is 0.422. The second-order valence-electron chi connectivity index (χ2n) is 4.89. The van der Waals surface area contributed by atoms with Crippen LogP contribution in [0.25, 0.3) is 0 Å². The summed E-state index contributed by atoms with van der Waals surface area (Å²) in [6, 6.07) is 5.66. The zero-order chi connectivity index (χ0) is 15.8. The van der Waals surface area contributed by atoms with Crippen molar-refractivity contribution in [3.8, 4) is 11.5 Å². The van der Waals surface area contributed by atoms with Crippen molar-refractivity contribution in [1.82, 2.24) is 0 Å². The van der Waals surface area contributed by atoms with Crippen LogP contribution in [0, 0.1) is 0 Å². The lowest BCUT2D eigenvalue weighted by molar-refractivity contribution is -0.133. The van der Waals surface area contributed by atoms with E-state index in [0.29, 0.717) is 16.8 Å². The van der Waals surface area contributed by atoms with E-state index >= 15 is 0 Å². The molecule has 1 heterocycles. The number of hydrogen-bond donors (Lipinski definition) is 0. The van der Waals surface area contributed by atoms with Gasteiger partial charge in [0.15, 0.2) is 0 Å². The molecule has 1 aromatic rings. The van der Waals surface area contributed by atoms with Crippen molar-refractivity contribution >= 4 is 29.5 Å². The van der Waals surface area contributed by atoms with E-state index in [1.807, 2.05) is 60.8 Å². The molecule has 1 fully saturated rings. The predicted molar refractivity (Wildman–Crippen MR) is 95.0 cm³/mol. The smallest absolute Gasteiger partial charge is 0.315 e. The van der Waals surface area contributed by atoms with Crippen molar-refractivity contribution in [1.29, 1.82) is 0 Å². The highest BCUT2D eigenvalue weighted by atomic mass is 32.2. The molecule has 0 unspecified atom stereocenters. The van der Waals surface area contributed by atoms with Crippen molar-refractivity contribution < 1.29 is 14.3 Å². The van der Waals surface area contributed by atoms with Gasteiger partial charge >= 0.3 is 5.97 Å². The number of ether oxygens (including phenoxy) is 2. The van der Waals surface area contributed by atoms with Crippen molar-refractivity contribution in [2.45, 2.75) is 30.8 Å². The average Bonchev–Trinajstić information content (AvgIpc) is 2.56. The van der Waals surface area contributed by atoms with Crippen LogP contribution in [0.15, 0.2) is 30.4 Å². The molecule has 22 heavy (non-hydrogen) atoms. The molecule has 5 heteroatoms. The fraction of sp³-hybridized carbons (Fsp3) is 0.471. The van der Waals surface area contributed by atoms with E-state index in [9.17, 15) is 4.79 Å². The summed E-state index contributed by atoms with van der Waals surface area (Å²) in [5.41, 5.74) is 1.04. The van der Waals surface area contributed by atoms with E-state index in [1.54, 1.807) is 7.11 Å². The Bertz CT molecular complexity index is 523. The van der Waals surface area contributed by atoms with Gasteiger partial charge in [-0.1, -0.05) is 19.1 Å². The predicted octanol–water partition coefficient (Wildman–Crippen LogP) is 4.83. The van der Waals surface area contributed by atoms with Gasteiger partial charge < -0.3 is 9.47 Å². The molecule has 0 spiro atoms. The Labute approximate surface area is 140 Å². The van der Waals surface area contributed by atoms with Gasteiger partial charge in [0.05, 0.1) is 18.1 Å². The van der Waals surface area contributed by atoms with Gasteiger partial charge in [-0.2, -0.15) is 0 Å². The summed E-state index contributed by atoms with van der Waals surface area (Å²) in [5.74, 6) is 3.51. The summed E-state index contributed by atoms with van der Waals surface area (Å²) in [6.07, 6.45) is 6.30. The second-order valence-corrected chi connectivity index (χ2v) is 7.61. The normalized spacial score (nSPS) is 15.9. The van der Waals surface area contributed by atoms with E-state index in [-0.39, 0.29) is 5.97 Å². The number of allylic oxidation sites excluding steroid dienone is 1. The standard InChI is InChI=1S/C17H22O3S2/c1-3-4-5-7-16(18)20-15-9-8-13(19-2)12-14(15)17-21-10-6-11-22-17/h4-5,8-9,12,17H,3,6-7,10-11H2,1-2H3/b5-4+. The van der Waals surface area contributed by atoms with E-state index < -0.39 is 0 Å². The summed E-state index contributed by atoms with van der Waals surface area (Å²) in [6.45, 7) is 2.04. The first-order valence-corrected chi connectivity index (χ1v) is 9.61. The van der Waals surface area contributed by atoms with E-state index in [4.69, 9.17) is 9.47 Å². The molecule has 0 radical (unpaired) electrons. The molecule has 0 saturated carbocycles. The average molecular weight is 338 g/mol. The lowest BCUT2D eigenvalue weighted by atomic mass is 10.2. The van der Waals surface area contributed by atoms with Gasteiger partial charge in [0, 0.05) is 5.56 Å². The Morgan fingerprint density at radius 1 is 1.32 bits per heavy atom. The third kappa shape index (κ3) is 4.99. The molecule has 1 aromatic carbocycles. The first kappa shape index (κ1) is 17.3. The van der Waals surface area contributed by atoms with Crippen molar-refractivity contribution in [3.05, 3.63) is 35.9 Å². The summed E-state index contributed by atoms with van der Waals surface area (Å²) in [5, 5.41) is 0. The van der Waals surface area contributed by atoms with Gasteiger partial charge in [-0.3, -0.25) is 4.79 Å². The zero-order valence-electron chi connectivity index (χ0n) is 13.0. The number of thioether (sulfide) groups is 2. The SMILES string of the molecule is CC/C=C/CC(=O)Oc1ccc(OC)cc1C1SCCCS1. The Morgan fingerprint density at radius 2 is 2.09 bits per heavy atom. The van der Waals surface area contributed by atoms with Crippen LogP contribution >= 0.6 is 23.5 Å². The van der Waals surface area contributed by atoms with E-state index in [2.05, 4.69) is 0 Å². The Morgan fingerprint density at radius 3 is 2.77 bits per heavy atom. The van der Waals surface area contributed by atoms with Crippen LogP contribution < -0.4 is 9.47 Å². The molecule has 1 saturated heterocycles. The number of esters is 1. The van der Waals surface area contributed by atoms with Gasteiger partial charge in [0.2, 0.25) is 0 Å². The third-order valence-electron chi connectivity index (χ3n) is 3.21. The van der Waals surface area contributed by atoms with E-state index in [1.165, 1.54) is 6.42 Å². The monoisotopic (exact) mass is 338 g/mol. The van der Waals surface area contributed by atoms with Crippen molar-refractivity contribution in [3.63, 3.8) is 0 Å². The summed E-state index contributed by atoms with van der Waals surface area (Å²) in [4.78, 5) is 12.0. The Kier molecular flexibility index (Phi) is 7.19. The molecule has 0 aliphatic carbocycles. The van der Waals surface area contributed by atoms with Gasteiger partial charge in [-0.15, -0.1) is 23.5 Å². The Hall–Kier alpha value is -1.07. The molecule has 0 N–H and O–H groups in total. The number of carbonyl (C=O) groups is 1. The minimum Gasteiger partial charge on any atom is -0.497 e. The molecular formula is C17H22O3S2. The molecule has 0 amide bonds. The third-order valence-corrected chi connectivity index (χ3v) is 6.19. The molecule has 0 aromatic heterocycles. The maximum absolute atomic E-state index is 12.0. The number of hydrogen-bond acceptors (Lipinski definition) is 5. The number of rotatable bonds is 6. The zero-order valence-corrected chi connectivity index (χ0v) is 14.7. The molecule has 1 aliphatic rings. The maximum Gasteiger partial charge on any atom is 0.315 e. The Balaban J connectivity index is 2.14. The fourth-order valence-corrected chi connectivity index (χ4v) is 5.03. The fourth-order valence-electron chi connectivity index (χ4n) is 2.11. The molecule has 1 aliphatic heterocycles. The minimum atomic E-state index is -0.220. The maximum atomic E-state index is 12.0. The highest BCUT2D eigenvalue weighted by molar-refractivity contribution is 8.16. The molecule has 0 atom stereocenters. The number of carbonyl (C=O) groups excluding carboxylic acids is 1. The lowest BCUT2D eigenvalue weighted by Crippen LogP contribution is -2.10. The highest BCUT2D eigenvalue weighted by Crippen LogP contribution is 2.47. The molecule has 120 valence electrons. The van der Waals surface area contributed by atoms with Gasteiger partial charge in [0.25, 0.3) is 0 Å². The first-order chi connectivity index (χ1) is 10.7. The summed E-state index contributed by atoms with van der Waals surface area (Å²) in [7, 11) is 1.65. The van der Waals surface area contributed by atoms with Crippen LogP contribution in [0.2, 0.25) is 0 Å². The largest absolute Gasteiger partial charge is 0.497 e. The summed E-state index contributed by atoms with van der Waals surface area (Å²) < 4.78 is 11.2. The summed E-state index contributed by atoms with van der Waals surface area (Å²) >= 11 is 3.80. The molecule has 2 rings (SSSR count). The van der Waals surface area contributed by atoms with Crippen LogP contribution in [-0.2, 0) is 4.79 Å². The van der Waals surface area contributed by atoms with Gasteiger partial charge in [-0.25, -0.2) is 0 Å². The molecular weight excluding hydrogens is 316 g/mol. The number of methoxy groups -OCH3 is 1. The van der Waals surface area contributed by atoms with Crippen molar-refractivity contribution in [2.75, 3.05) is 18.6 Å². The van der Waals surface area contributed by atoms with Crippen LogP contribution in [0.3, 0.4) is 0 Å². The molecule has 3 nitrogen and oxygen atoms in total. The van der Waals surface area contributed by atoms with Crippen LogP contribution in [0.5, 0.6) is 11.5 Å². The minimum absolute atomic E-state index is 0.220. The van der Waals surface area contributed by atoms with Crippen LogP contribution in [-0.4, -0.2) is 24.6 Å². The van der Waals surface area contributed by atoms with Crippen molar-refractivity contribution in [2.24, 2.45) is 0 Å². The topological polar surface area (TPSA) is 35.5 Å². The van der Waals surface area contributed by atoms with Gasteiger partial charge in [-0.05, 0) is 42.5 Å². The van der Waals surface area contributed by atoms with Gasteiger partial charge in [0.1, 0.15) is 11.5 Å². The van der Waals surface area contributed by atoms with E-state index in [0.717, 1.165) is 29.2 Å². The highest BCUT2D eigenvalue weighted by Gasteiger charge is 2.22. The lowest BCUT2D eigenvalue weighted by Gasteiger charge is -2.23. The first-order valence-electron chi connectivity index (χ1n) is 7.51. The van der Waals surface area contributed by atoms with Crippen LogP contribution in [0.1, 0.15) is 36.3 Å². The second kappa shape index (κ2) is 9.16.